The minimum absolute atomic E-state index is 0.00999. The molecule has 3 aliphatic rings. The van der Waals surface area contributed by atoms with Crippen molar-refractivity contribution in [1.82, 2.24) is 9.62 Å². The SMILES string of the molecule is COc1ccc(S(=O)(=O)N(CC(C)C)C[C@@H](O)[C@H]2CC(=O)O[C@H]3CO[C@H]4OC[C@H](NCC=CCCCOc5cccc(c5)C2)[C@H]43)cc1. The lowest BCUT2D eigenvalue weighted by atomic mass is 9.90. The van der Waals surface area contributed by atoms with Gasteiger partial charge >= 0.3 is 5.97 Å². The summed E-state index contributed by atoms with van der Waals surface area (Å²) in [7, 11) is -2.45. The Balaban J connectivity index is 1.39. The van der Waals surface area contributed by atoms with E-state index in [2.05, 4.69) is 17.5 Å². The Morgan fingerprint density at radius 1 is 1.04 bits per heavy atom. The largest absolute Gasteiger partial charge is 0.497 e. The number of esters is 1. The molecule has 2 saturated heterocycles. The van der Waals surface area contributed by atoms with Gasteiger partial charge in [0.05, 0.1) is 50.3 Å². The van der Waals surface area contributed by atoms with Crippen LogP contribution in [0.15, 0.2) is 65.6 Å². The summed E-state index contributed by atoms with van der Waals surface area (Å²) in [6, 6.07) is 13.8. The Morgan fingerprint density at radius 3 is 2.60 bits per heavy atom. The highest BCUT2D eigenvalue weighted by Crippen LogP contribution is 2.34. The fraction of sp³-hybridized carbons (Fsp3) is 0.571. The molecule has 0 saturated carbocycles. The fourth-order valence-electron chi connectivity index (χ4n) is 6.40. The maximum absolute atomic E-state index is 13.8. The van der Waals surface area contributed by atoms with Crippen LogP contribution in [0, 0.1) is 17.8 Å². The highest BCUT2D eigenvalue weighted by Gasteiger charge is 2.49. The lowest BCUT2D eigenvalue weighted by Crippen LogP contribution is -2.44. The van der Waals surface area contributed by atoms with Gasteiger partial charge in [-0.2, -0.15) is 4.31 Å². The van der Waals surface area contributed by atoms with Gasteiger partial charge in [-0.15, -0.1) is 0 Å². The van der Waals surface area contributed by atoms with Crippen LogP contribution in [0.4, 0.5) is 0 Å². The maximum atomic E-state index is 13.8. The third kappa shape index (κ3) is 9.33. The Kier molecular flexibility index (Phi) is 12.3. The van der Waals surface area contributed by atoms with Gasteiger partial charge in [0.2, 0.25) is 10.0 Å². The lowest BCUT2D eigenvalue weighted by molar-refractivity contribution is -0.153. The number of fused-ring (bicyclic) bond motifs is 2. The molecule has 2 aromatic carbocycles. The molecular weight excluding hydrogens is 624 g/mol. The molecule has 2 aromatic rings. The van der Waals surface area contributed by atoms with Crippen LogP contribution in [0.2, 0.25) is 0 Å². The van der Waals surface area contributed by atoms with Crippen molar-refractivity contribution in [3.8, 4) is 11.5 Å². The monoisotopic (exact) mass is 672 g/mol. The summed E-state index contributed by atoms with van der Waals surface area (Å²) in [5.74, 6) is -0.0429. The van der Waals surface area contributed by atoms with Crippen molar-refractivity contribution >= 4 is 16.0 Å². The summed E-state index contributed by atoms with van der Waals surface area (Å²) in [6.45, 7) is 5.73. The number of carbonyl (C=O) groups excluding carboxylic acids is 1. The summed E-state index contributed by atoms with van der Waals surface area (Å²) in [5, 5.41) is 15.2. The predicted octanol–water partition coefficient (Wildman–Crippen LogP) is 3.55. The van der Waals surface area contributed by atoms with Crippen LogP contribution < -0.4 is 14.8 Å². The third-order valence-electron chi connectivity index (χ3n) is 8.83. The van der Waals surface area contributed by atoms with Crippen molar-refractivity contribution in [3.05, 3.63) is 66.2 Å². The van der Waals surface area contributed by atoms with Crippen molar-refractivity contribution in [1.29, 1.82) is 0 Å². The topological polar surface area (TPSA) is 133 Å². The molecule has 0 amide bonds. The van der Waals surface area contributed by atoms with Gasteiger partial charge in [0, 0.05) is 31.6 Å². The fourth-order valence-corrected chi connectivity index (χ4v) is 8.02. The number of benzene rings is 2. The number of carbonyl (C=O) groups is 1. The summed E-state index contributed by atoms with van der Waals surface area (Å²) in [6.07, 6.45) is 4.02. The first-order valence-corrected chi connectivity index (χ1v) is 17.9. The van der Waals surface area contributed by atoms with Crippen LogP contribution in [0.5, 0.6) is 11.5 Å². The quantitative estimate of drug-likeness (QED) is 0.317. The number of nitrogens with one attached hydrogen (secondary N) is 1. The van der Waals surface area contributed by atoms with E-state index in [4.69, 9.17) is 23.7 Å². The molecule has 5 rings (SSSR count). The first-order valence-electron chi connectivity index (χ1n) is 16.5. The van der Waals surface area contributed by atoms with Crippen LogP contribution in [0.25, 0.3) is 0 Å². The number of ether oxygens (including phenoxy) is 5. The zero-order chi connectivity index (χ0) is 33.4. The van der Waals surface area contributed by atoms with Crippen LogP contribution in [0.1, 0.15) is 38.7 Å². The second-order valence-corrected chi connectivity index (χ2v) is 14.8. The van der Waals surface area contributed by atoms with Crippen molar-refractivity contribution in [2.75, 3.05) is 46.6 Å². The molecule has 0 aliphatic carbocycles. The molecule has 2 bridgehead atoms. The number of methoxy groups -OCH3 is 1. The molecule has 0 aromatic heterocycles. The predicted molar refractivity (Wildman–Crippen MR) is 176 cm³/mol. The van der Waals surface area contributed by atoms with Gasteiger partial charge in [0.1, 0.15) is 17.6 Å². The molecule has 12 heteroatoms. The number of allylic oxidation sites excluding steroid dienone is 1. The summed E-state index contributed by atoms with van der Waals surface area (Å²) < 4.78 is 57.8. The molecule has 6 atom stereocenters. The first-order chi connectivity index (χ1) is 22.6. The normalized spacial score (nSPS) is 26.5. The number of hydrogen-bond donors (Lipinski definition) is 2. The zero-order valence-electron chi connectivity index (χ0n) is 27.5. The van der Waals surface area contributed by atoms with E-state index in [0.29, 0.717) is 37.7 Å². The van der Waals surface area contributed by atoms with E-state index in [0.717, 1.165) is 18.4 Å². The van der Waals surface area contributed by atoms with Gasteiger partial charge in [-0.3, -0.25) is 4.79 Å². The minimum Gasteiger partial charge on any atom is -0.497 e. The molecule has 0 unspecified atom stereocenters. The number of nitrogens with zero attached hydrogens (tertiary/aromatic N) is 1. The van der Waals surface area contributed by atoms with E-state index in [1.165, 1.54) is 23.5 Å². The molecular formula is C35H48N2O9S. The van der Waals surface area contributed by atoms with Crippen LogP contribution >= 0.6 is 0 Å². The number of hydrogen-bond acceptors (Lipinski definition) is 10. The smallest absolute Gasteiger partial charge is 0.306 e. The van der Waals surface area contributed by atoms with Crippen molar-refractivity contribution in [2.24, 2.45) is 17.8 Å². The maximum Gasteiger partial charge on any atom is 0.306 e. The molecule has 2 fully saturated rings. The second kappa shape index (κ2) is 16.4. The molecule has 3 heterocycles. The average Bonchev–Trinajstić information content (AvgIpc) is 3.64. The van der Waals surface area contributed by atoms with Gasteiger partial charge < -0.3 is 34.1 Å². The van der Waals surface area contributed by atoms with E-state index in [1.54, 1.807) is 12.1 Å². The van der Waals surface area contributed by atoms with Crippen LogP contribution in [-0.4, -0.2) is 94.9 Å². The highest BCUT2D eigenvalue weighted by atomic mass is 32.2. The van der Waals surface area contributed by atoms with E-state index < -0.39 is 40.4 Å². The van der Waals surface area contributed by atoms with Gasteiger partial charge in [-0.1, -0.05) is 38.1 Å². The minimum atomic E-state index is -3.97. The molecule has 0 spiro atoms. The van der Waals surface area contributed by atoms with Crippen molar-refractivity contribution in [2.45, 2.75) is 69.0 Å². The Hall–Kier alpha value is -3.00. The molecule has 47 heavy (non-hydrogen) atoms. The number of sulfonamides is 1. The van der Waals surface area contributed by atoms with Gasteiger partial charge in [-0.25, -0.2) is 8.42 Å². The van der Waals surface area contributed by atoms with Crippen molar-refractivity contribution in [3.63, 3.8) is 0 Å². The van der Waals surface area contributed by atoms with Crippen LogP contribution in [0.3, 0.4) is 0 Å². The van der Waals surface area contributed by atoms with E-state index in [-0.39, 0.29) is 48.9 Å². The summed E-state index contributed by atoms with van der Waals surface area (Å²) in [5.41, 5.74) is 0.864. The third-order valence-corrected chi connectivity index (χ3v) is 10.7. The first kappa shape index (κ1) is 35.3. The van der Waals surface area contributed by atoms with E-state index in [9.17, 15) is 18.3 Å². The highest BCUT2D eigenvalue weighted by molar-refractivity contribution is 7.89. The van der Waals surface area contributed by atoms with Gasteiger partial charge in [0.15, 0.2) is 6.29 Å². The van der Waals surface area contributed by atoms with Crippen molar-refractivity contribution < 1.29 is 42.0 Å². The standard InChI is InChI=1S/C35H48N2O9S/c1-24(2)20-37(47(40,41)29-13-11-27(42-3)12-14-29)21-31(38)26-17-25-9-8-10-28(18-25)43-16-7-5-4-6-15-36-30-22-44-35-34(30)32(23-45-35)46-33(39)19-26/h4,6,8-14,18,24,26,30-32,34-36,38H,5,7,15-17,19-23H2,1-3H3/t26-,30+,31-,32+,34+,35-/m1/s1. The average molecular weight is 673 g/mol. The van der Waals surface area contributed by atoms with Gasteiger partial charge in [-0.05, 0) is 67.1 Å². The molecule has 2 N–H and O–H groups in total. The molecule has 3 aliphatic heterocycles. The Bertz CT molecular complexity index is 1450. The second-order valence-electron chi connectivity index (χ2n) is 12.9. The van der Waals surface area contributed by atoms with E-state index in [1.807, 2.05) is 38.1 Å². The van der Waals surface area contributed by atoms with Gasteiger partial charge in [0.25, 0.3) is 0 Å². The lowest BCUT2D eigenvalue weighted by Gasteiger charge is -2.30. The van der Waals surface area contributed by atoms with Crippen LogP contribution in [-0.2, 0) is 35.4 Å². The Morgan fingerprint density at radius 2 is 1.83 bits per heavy atom. The molecule has 258 valence electrons. The summed E-state index contributed by atoms with van der Waals surface area (Å²) >= 11 is 0. The number of aliphatic hydroxyl groups excluding tert-OH is 1. The van der Waals surface area contributed by atoms with E-state index >= 15 is 0 Å². The zero-order valence-corrected chi connectivity index (χ0v) is 28.3. The Labute approximate surface area is 278 Å². The summed E-state index contributed by atoms with van der Waals surface area (Å²) in [4.78, 5) is 13.7. The number of rotatable bonds is 8. The molecule has 11 nitrogen and oxygen atoms in total. The molecule has 0 radical (unpaired) electrons. The number of aliphatic hydroxyl groups is 1.